The first-order valence-corrected chi connectivity index (χ1v) is 7.56. The molecule has 122 valence electrons. The number of nitrogens with zero attached hydrogens (tertiary/aromatic N) is 1. The van der Waals surface area contributed by atoms with Crippen molar-refractivity contribution in [2.75, 3.05) is 0 Å². The highest BCUT2D eigenvalue weighted by Crippen LogP contribution is 2.22. The zero-order valence-electron chi connectivity index (χ0n) is 12.9. The Bertz CT molecular complexity index is 775. The maximum absolute atomic E-state index is 12.3. The molecular formula is C18H17N3O3. The largest absolute Gasteiger partial charge is 0.318 e. The Morgan fingerprint density at radius 1 is 1.04 bits per heavy atom. The maximum atomic E-state index is 12.3. The molecule has 0 saturated carbocycles. The van der Waals surface area contributed by atoms with E-state index in [9.17, 15) is 9.59 Å². The summed E-state index contributed by atoms with van der Waals surface area (Å²) in [6.45, 7) is 0. The quantitative estimate of drug-likeness (QED) is 0.571. The lowest BCUT2D eigenvalue weighted by atomic mass is 10.00. The molecule has 24 heavy (non-hydrogen) atoms. The van der Waals surface area contributed by atoms with Crippen LogP contribution in [0.4, 0.5) is 0 Å². The van der Waals surface area contributed by atoms with Gasteiger partial charge in [-0.3, -0.25) is 14.8 Å². The molecule has 1 aliphatic heterocycles. The van der Waals surface area contributed by atoms with Crippen molar-refractivity contribution in [3.05, 3.63) is 71.8 Å². The molecule has 0 radical (unpaired) electrons. The van der Waals surface area contributed by atoms with Crippen molar-refractivity contribution in [3.8, 4) is 0 Å². The highest BCUT2D eigenvalue weighted by molar-refractivity contribution is 6.42. The number of nitrogens with one attached hydrogen (secondary N) is 2. The molecule has 0 bridgehead atoms. The number of carbonyl (C=O) groups is 2. The number of amides is 2. The van der Waals surface area contributed by atoms with E-state index in [1.807, 2.05) is 60.7 Å². The number of benzene rings is 2. The zero-order valence-corrected chi connectivity index (χ0v) is 12.9. The maximum Gasteiger partial charge on any atom is 0.292 e. The van der Waals surface area contributed by atoms with E-state index in [1.54, 1.807) is 5.48 Å². The van der Waals surface area contributed by atoms with E-state index in [-0.39, 0.29) is 12.1 Å². The average Bonchev–Trinajstić information content (AvgIpc) is 2.92. The van der Waals surface area contributed by atoms with Crippen LogP contribution in [0.2, 0.25) is 0 Å². The molecule has 2 amide bonds. The van der Waals surface area contributed by atoms with Crippen LogP contribution in [-0.4, -0.2) is 28.4 Å². The Morgan fingerprint density at radius 3 is 2.21 bits per heavy atom. The molecule has 0 unspecified atom stereocenters. The van der Waals surface area contributed by atoms with E-state index in [0.717, 1.165) is 11.1 Å². The van der Waals surface area contributed by atoms with Gasteiger partial charge in [-0.2, -0.15) is 0 Å². The molecule has 2 aromatic rings. The number of hydrogen-bond donors (Lipinski definition) is 3. The summed E-state index contributed by atoms with van der Waals surface area (Å²) in [4.78, 5) is 28.8. The van der Waals surface area contributed by atoms with E-state index in [4.69, 9.17) is 5.21 Å². The first kappa shape index (κ1) is 15.9. The van der Waals surface area contributed by atoms with Gasteiger partial charge in [-0.15, -0.1) is 0 Å². The van der Waals surface area contributed by atoms with Crippen LogP contribution in [0.1, 0.15) is 11.1 Å². The van der Waals surface area contributed by atoms with Crippen molar-refractivity contribution >= 4 is 17.5 Å². The number of aliphatic imine (C=N–C) groups is 1. The highest BCUT2D eigenvalue weighted by atomic mass is 16.5. The van der Waals surface area contributed by atoms with Gasteiger partial charge in [0.25, 0.3) is 11.8 Å². The molecule has 1 aliphatic rings. The third-order valence-corrected chi connectivity index (χ3v) is 3.90. The van der Waals surface area contributed by atoms with Crippen LogP contribution in [0, 0.1) is 0 Å². The van der Waals surface area contributed by atoms with Crippen LogP contribution in [0.25, 0.3) is 0 Å². The molecule has 0 aromatic heterocycles. The molecule has 0 aliphatic carbocycles. The molecular weight excluding hydrogens is 306 g/mol. The summed E-state index contributed by atoms with van der Waals surface area (Å²) in [6, 6.07) is 18.6. The fourth-order valence-electron chi connectivity index (χ4n) is 2.73. The minimum Gasteiger partial charge on any atom is -0.318 e. The van der Waals surface area contributed by atoms with Crippen molar-refractivity contribution in [2.24, 2.45) is 4.99 Å². The summed E-state index contributed by atoms with van der Waals surface area (Å²) >= 11 is 0. The lowest BCUT2D eigenvalue weighted by molar-refractivity contribution is -0.137. The minimum absolute atomic E-state index is 0.157. The fraction of sp³-hybridized carbons (Fsp3) is 0.167. The number of hydrogen-bond acceptors (Lipinski definition) is 4. The van der Waals surface area contributed by atoms with Gasteiger partial charge in [0, 0.05) is 12.8 Å². The van der Waals surface area contributed by atoms with Crippen molar-refractivity contribution in [1.29, 1.82) is 0 Å². The number of hydroxylamine groups is 1. The lowest BCUT2D eigenvalue weighted by Crippen LogP contribution is -2.55. The van der Waals surface area contributed by atoms with Gasteiger partial charge in [-0.05, 0) is 11.1 Å². The average molecular weight is 323 g/mol. The van der Waals surface area contributed by atoms with Crippen LogP contribution in [-0.2, 0) is 22.4 Å². The first-order valence-electron chi connectivity index (χ1n) is 7.56. The molecule has 0 fully saturated rings. The Balaban J connectivity index is 1.91. The third kappa shape index (κ3) is 3.18. The molecule has 2 aromatic carbocycles. The van der Waals surface area contributed by atoms with E-state index in [2.05, 4.69) is 10.3 Å². The van der Waals surface area contributed by atoms with Crippen molar-refractivity contribution in [2.45, 2.75) is 18.5 Å². The molecule has 0 saturated heterocycles. The lowest BCUT2D eigenvalue weighted by Gasteiger charge is -2.23. The van der Waals surface area contributed by atoms with Crippen LogP contribution in [0.15, 0.2) is 65.7 Å². The molecule has 6 nitrogen and oxygen atoms in total. The number of carbonyl (C=O) groups excluding carboxylic acids is 2. The Kier molecular flexibility index (Phi) is 4.39. The highest BCUT2D eigenvalue weighted by Gasteiger charge is 2.45. The fourth-order valence-corrected chi connectivity index (χ4v) is 2.73. The van der Waals surface area contributed by atoms with Crippen LogP contribution < -0.4 is 10.8 Å². The number of rotatable bonds is 5. The van der Waals surface area contributed by atoms with Crippen LogP contribution >= 0.6 is 0 Å². The monoisotopic (exact) mass is 323 g/mol. The van der Waals surface area contributed by atoms with E-state index in [1.165, 1.54) is 0 Å². The second kappa shape index (κ2) is 6.64. The summed E-state index contributed by atoms with van der Waals surface area (Å²) < 4.78 is 0. The summed E-state index contributed by atoms with van der Waals surface area (Å²) in [7, 11) is 0. The minimum atomic E-state index is -1.53. The molecule has 1 atom stereocenters. The van der Waals surface area contributed by atoms with E-state index in [0.29, 0.717) is 6.42 Å². The van der Waals surface area contributed by atoms with E-state index < -0.39 is 17.5 Å². The summed E-state index contributed by atoms with van der Waals surface area (Å²) in [6.07, 6.45) is 0.478. The molecule has 6 heteroatoms. The molecule has 3 rings (SSSR count). The first-order chi connectivity index (χ1) is 11.6. The van der Waals surface area contributed by atoms with Gasteiger partial charge in [-0.25, -0.2) is 10.5 Å². The van der Waals surface area contributed by atoms with Gasteiger partial charge in [-0.1, -0.05) is 60.7 Å². The van der Waals surface area contributed by atoms with Gasteiger partial charge >= 0.3 is 0 Å². The van der Waals surface area contributed by atoms with Crippen molar-refractivity contribution < 1.29 is 14.8 Å². The second-order valence-corrected chi connectivity index (χ2v) is 5.64. The Hall–Kier alpha value is -2.99. The van der Waals surface area contributed by atoms with Gasteiger partial charge in [0.1, 0.15) is 5.71 Å². The predicted octanol–water partition coefficient (Wildman–Crippen LogP) is 1.24. The molecule has 3 N–H and O–H groups in total. The Labute approximate surface area is 139 Å². The van der Waals surface area contributed by atoms with Crippen molar-refractivity contribution in [3.63, 3.8) is 0 Å². The van der Waals surface area contributed by atoms with Gasteiger partial charge in [0.2, 0.25) is 5.66 Å². The Morgan fingerprint density at radius 2 is 1.62 bits per heavy atom. The van der Waals surface area contributed by atoms with E-state index >= 15 is 0 Å². The summed E-state index contributed by atoms with van der Waals surface area (Å²) in [5.41, 5.74) is 2.09. The zero-order chi connectivity index (χ0) is 17.0. The summed E-state index contributed by atoms with van der Waals surface area (Å²) in [5, 5.41) is 11.7. The van der Waals surface area contributed by atoms with Gasteiger partial charge < -0.3 is 5.32 Å². The van der Waals surface area contributed by atoms with Crippen molar-refractivity contribution in [1.82, 2.24) is 10.8 Å². The van der Waals surface area contributed by atoms with Gasteiger partial charge in [0.05, 0.1) is 0 Å². The molecule has 0 spiro atoms. The standard InChI is InChI=1S/C18H17N3O3/c22-16-15(11-13-7-3-1-4-8-13)19-18(20-16,17(23)21-24)12-14-9-5-2-6-10-14/h1-10,24H,11-12H2,(H,20,22)(H,21,23)/t18-/m0/s1. The van der Waals surface area contributed by atoms with Crippen LogP contribution in [0.3, 0.4) is 0 Å². The SMILES string of the molecule is O=C1N[C@@](Cc2ccccc2)(C(=O)NO)N=C1Cc1ccccc1. The van der Waals surface area contributed by atoms with Gasteiger partial charge in [0.15, 0.2) is 0 Å². The smallest absolute Gasteiger partial charge is 0.292 e. The molecule has 1 heterocycles. The summed E-state index contributed by atoms with van der Waals surface area (Å²) in [5.74, 6) is -1.17. The predicted molar refractivity (Wildman–Crippen MR) is 88.5 cm³/mol. The van der Waals surface area contributed by atoms with Crippen LogP contribution in [0.5, 0.6) is 0 Å². The topological polar surface area (TPSA) is 90.8 Å². The normalized spacial score (nSPS) is 19.5. The second-order valence-electron chi connectivity index (χ2n) is 5.64. The third-order valence-electron chi connectivity index (χ3n) is 3.90.